The molecule has 3 atom stereocenters. The fourth-order valence-electron chi connectivity index (χ4n) is 5.32. The third kappa shape index (κ3) is 3.27. The smallest absolute Gasteiger partial charge is 0.252 e. The predicted octanol–water partition coefficient (Wildman–Crippen LogP) is 4.48. The molecule has 3 aromatic heterocycles. The molecule has 0 radical (unpaired) electrons. The quantitative estimate of drug-likeness (QED) is 0.340. The molecule has 1 saturated carbocycles. The normalized spacial score (nSPS) is 19.8. The maximum atomic E-state index is 13.5. The van der Waals surface area contributed by atoms with E-state index in [1.807, 2.05) is 41.0 Å². The molecular formula is C25H18Cl2N8O. The monoisotopic (exact) mass is 516 g/mol. The van der Waals surface area contributed by atoms with Crippen molar-refractivity contribution in [1.82, 2.24) is 34.7 Å². The molecule has 2 aliphatic rings. The molecule has 1 aliphatic carbocycles. The first kappa shape index (κ1) is 21.3. The number of fused-ring (bicyclic) bond motifs is 3. The van der Waals surface area contributed by atoms with E-state index < -0.39 is 0 Å². The Balaban J connectivity index is 1.32. The van der Waals surface area contributed by atoms with Gasteiger partial charge in [-0.15, -0.1) is 5.10 Å². The van der Waals surface area contributed by atoms with Crippen molar-refractivity contribution in [1.29, 1.82) is 0 Å². The van der Waals surface area contributed by atoms with Crippen molar-refractivity contribution < 1.29 is 0 Å². The van der Waals surface area contributed by atoms with Crippen LogP contribution in [0, 0.1) is 5.92 Å². The Bertz CT molecular complexity index is 1690. The summed E-state index contributed by atoms with van der Waals surface area (Å²) in [5, 5.41) is 12.4. The number of hydrogen-bond donors (Lipinski definition) is 2. The molecule has 11 heteroatoms. The standard InChI is InChI=1S/C25H18Cl2N8O/c26-14-3-6-19(34-11-29-32-33-34)16(9-14)13-7-20-17-10-18(17)23(35(20)21(36)8-13)25-30-22(24(27)31-25)12-1-4-15(28)5-2-12/h1-9,11,17-18,23H,10,28H2,(H,30,31). The Morgan fingerprint density at radius 1 is 1.03 bits per heavy atom. The molecule has 1 aliphatic heterocycles. The van der Waals surface area contributed by atoms with E-state index in [4.69, 9.17) is 28.9 Å². The number of nitrogens with one attached hydrogen (secondary N) is 1. The number of benzene rings is 2. The molecule has 1 fully saturated rings. The molecule has 178 valence electrons. The molecule has 5 aromatic rings. The summed E-state index contributed by atoms with van der Waals surface area (Å²) >= 11 is 12.8. The number of nitrogens with zero attached hydrogens (tertiary/aromatic N) is 6. The summed E-state index contributed by atoms with van der Waals surface area (Å²) in [5.74, 6) is 1.25. The van der Waals surface area contributed by atoms with Crippen LogP contribution in [0.3, 0.4) is 0 Å². The number of H-pyrrole nitrogens is 1. The Kier molecular flexibility index (Phi) is 4.61. The maximum absolute atomic E-state index is 13.5. The predicted molar refractivity (Wildman–Crippen MR) is 136 cm³/mol. The van der Waals surface area contributed by atoms with Crippen molar-refractivity contribution in [3.8, 4) is 28.1 Å². The van der Waals surface area contributed by atoms with Gasteiger partial charge >= 0.3 is 0 Å². The van der Waals surface area contributed by atoms with Gasteiger partial charge in [0.1, 0.15) is 12.2 Å². The van der Waals surface area contributed by atoms with Crippen molar-refractivity contribution in [3.63, 3.8) is 0 Å². The molecule has 0 saturated heterocycles. The van der Waals surface area contributed by atoms with Crippen LogP contribution in [0.4, 0.5) is 5.69 Å². The number of aromatic amines is 1. The molecule has 36 heavy (non-hydrogen) atoms. The lowest BCUT2D eigenvalue weighted by Crippen LogP contribution is -2.26. The van der Waals surface area contributed by atoms with Crippen LogP contribution in [-0.4, -0.2) is 34.7 Å². The largest absolute Gasteiger partial charge is 0.399 e. The minimum Gasteiger partial charge on any atom is -0.399 e. The van der Waals surface area contributed by atoms with Crippen LogP contribution in [0.25, 0.3) is 28.1 Å². The number of pyridine rings is 1. The van der Waals surface area contributed by atoms with Gasteiger partial charge in [-0.2, -0.15) is 4.68 Å². The Morgan fingerprint density at radius 2 is 1.86 bits per heavy atom. The third-order valence-corrected chi connectivity index (χ3v) is 7.53. The molecule has 9 nitrogen and oxygen atoms in total. The van der Waals surface area contributed by atoms with E-state index >= 15 is 0 Å². The number of nitrogens with two attached hydrogens (primary N) is 1. The second kappa shape index (κ2) is 7.78. The Morgan fingerprint density at radius 3 is 2.64 bits per heavy atom. The molecule has 2 aromatic carbocycles. The van der Waals surface area contributed by atoms with E-state index in [1.165, 1.54) is 6.33 Å². The highest BCUT2D eigenvalue weighted by atomic mass is 35.5. The van der Waals surface area contributed by atoms with Gasteiger partial charge in [0.15, 0.2) is 5.15 Å². The summed E-state index contributed by atoms with van der Waals surface area (Å²) < 4.78 is 3.40. The van der Waals surface area contributed by atoms with Gasteiger partial charge in [-0.3, -0.25) is 4.79 Å². The van der Waals surface area contributed by atoms with Crippen molar-refractivity contribution in [2.75, 3.05) is 5.73 Å². The first-order valence-electron chi connectivity index (χ1n) is 11.4. The third-order valence-electron chi connectivity index (χ3n) is 7.02. The van der Waals surface area contributed by atoms with Gasteiger partial charge in [-0.05, 0) is 64.7 Å². The fraction of sp³-hybridized carbons (Fsp3) is 0.160. The SMILES string of the molecule is Nc1ccc(-c2[nH]c(C3C4CC4c4cc(-c5cc(Cl)ccc5-n5cnnn5)cc(=O)n43)nc2Cl)cc1. The van der Waals surface area contributed by atoms with Crippen LogP contribution in [0.2, 0.25) is 10.2 Å². The van der Waals surface area contributed by atoms with E-state index in [2.05, 4.69) is 31.6 Å². The van der Waals surface area contributed by atoms with Crippen LogP contribution in [0.15, 0.2) is 65.7 Å². The number of rotatable bonds is 4. The van der Waals surface area contributed by atoms with Crippen molar-refractivity contribution in [2.24, 2.45) is 5.92 Å². The first-order valence-corrected chi connectivity index (χ1v) is 12.1. The zero-order chi connectivity index (χ0) is 24.6. The lowest BCUT2D eigenvalue weighted by molar-refractivity contribution is 0.515. The van der Waals surface area contributed by atoms with Crippen molar-refractivity contribution >= 4 is 28.9 Å². The van der Waals surface area contributed by atoms with Gasteiger partial charge in [0.25, 0.3) is 5.56 Å². The molecule has 0 spiro atoms. The van der Waals surface area contributed by atoms with Crippen LogP contribution in [0.5, 0.6) is 0 Å². The summed E-state index contributed by atoms with van der Waals surface area (Å²) in [6, 6.07) is 16.4. The molecule has 0 bridgehead atoms. The number of halogens is 2. The second-order valence-electron chi connectivity index (χ2n) is 9.15. The number of aromatic nitrogens is 7. The van der Waals surface area contributed by atoms with Crippen LogP contribution < -0.4 is 11.3 Å². The molecule has 0 amide bonds. The highest BCUT2D eigenvalue weighted by molar-refractivity contribution is 6.32. The van der Waals surface area contributed by atoms with Gasteiger partial charge in [-0.25, -0.2) is 4.98 Å². The number of nitrogen functional groups attached to an aromatic ring is 1. The van der Waals surface area contributed by atoms with Crippen LogP contribution in [0.1, 0.15) is 29.9 Å². The van der Waals surface area contributed by atoms with E-state index in [0.29, 0.717) is 27.4 Å². The number of tetrazole rings is 1. The molecule has 7 rings (SSSR count). The lowest BCUT2D eigenvalue weighted by Gasteiger charge is -2.17. The summed E-state index contributed by atoms with van der Waals surface area (Å²) in [4.78, 5) is 21.5. The first-order chi connectivity index (χ1) is 17.5. The zero-order valence-corrected chi connectivity index (χ0v) is 20.1. The van der Waals surface area contributed by atoms with Gasteiger partial charge in [-0.1, -0.05) is 35.3 Å². The van der Waals surface area contributed by atoms with Gasteiger partial charge in [0, 0.05) is 39.5 Å². The van der Waals surface area contributed by atoms with Gasteiger partial charge < -0.3 is 15.3 Å². The Labute approximate surface area is 214 Å². The summed E-state index contributed by atoms with van der Waals surface area (Å²) in [6.07, 6.45) is 2.50. The molecule has 3 N–H and O–H groups in total. The number of imidazole rings is 1. The Hall–Kier alpha value is -3.95. The topological polar surface area (TPSA) is 120 Å². The zero-order valence-electron chi connectivity index (χ0n) is 18.6. The molecule has 4 heterocycles. The van der Waals surface area contributed by atoms with Crippen LogP contribution in [-0.2, 0) is 0 Å². The lowest BCUT2D eigenvalue weighted by atomic mass is 10.0. The summed E-state index contributed by atoms with van der Waals surface area (Å²) in [5.41, 5.74) is 11.3. The minimum absolute atomic E-state index is 0.108. The average molecular weight is 517 g/mol. The second-order valence-corrected chi connectivity index (χ2v) is 9.95. The highest BCUT2D eigenvalue weighted by Crippen LogP contribution is 2.60. The summed E-state index contributed by atoms with van der Waals surface area (Å²) in [7, 11) is 0. The average Bonchev–Trinajstić information content (AvgIpc) is 3.18. The van der Waals surface area contributed by atoms with Gasteiger partial charge in [0.05, 0.1) is 17.4 Å². The van der Waals surface area contributed by atoms with E-state index in [-0.39, 0.29) is 23.4 Å². The number of anilines is 1. The van der Waals surface area contributed by atoms with E-state index in [9.17, 15) is 4.79 Å². The van der Waals surface area contributed by atoms with Gasteiger partial charge in [0.2, 0.25) is 0 Å². The fourth-order valence-corrected chi connectivity index (χ4v) is 5.74. The highest BCUT2D eigenvalue weighted by Gasteiger charge is 2.54. The molecule has 3 unspecified atom stereocenters. The molecular weight excluding hydrogens is 499 g/mol. The van der Waals surface area contributed by atoms with Crippen molar-refractivity contribution in [3.05, 3.63) is 93.0 Å². The van der Waals surface area contributed by atoms with Crippen LogP contribution >= 0.6 is 23.2 Å². The van der Waals surface area contributed by atoms with E-state index in [0.717, 1.165) is 34.5 Å². The van der Waals surface area contributed by atoms with E-state index in [1.54, 1.807) is 16.8 Å². The minimum atomic E-state index is -0.204. The number of hydrogen-bond acceptors (Lipinski definition) is 6. The summed E-state index contributed by atoms with van der Waals surface area (Å²) in [6.45, 7) is 0. The maximum Gasteiger partial charge on any atom is 0.252 e. The van der Waals surface area contributed by atoms with Crippen molar-refractivity contribution in [2.45, 2.75) is 18.4 Å².